The molecular weight excluding hydrogens is 408 g/mol. The van der Waals surface area contributed by atoms with E-state index in [0.29, 0.717) is 35.3 Å². The van der Waals surface area contributed by atoms with Gasteiger partial charge in [-0.3, -0.25) is 15.2 Å². The summed E-state index contributed by atoms with van der Waals surface area (Å²) in [4.78, 5) is 31.3. The number of thioether (sulfide) groups is 1. The highest BCUT2D eigenvalue weighted by atomic mass is 32.2. The molecule has 1 aliphatic heterocycles. The van der Waals surface area contributed by atoms with Gasteiger partial charge in [-0.05, 0) is 42.9 Å². The number of carboxylic acids is 1. The number of anilines is 1. The first-order valence-electron chi connectivity index (χ1n) is 9.63. The molecule has 160 valence electrons. The van der Waals surface area contributed by atoms with Crippen LogP contribution >= 0.6 is 11.8 Å². The minimum Gasteiger partial charge on any atom is -0.477 e. The zero-order valence-electron chi connectivity index (χ0n) is 16.9. The van der Waals surface area contributed by atoms with Gasteiger partial charge in [-0.25, -0.2) is 9.78 Å². The summed E-state index contributed by atoms with van der Waals surface area (Å²) in [5, 5.41) is 28.3. The van der Waals surface area contributed by atoms with Gasteiger partial charge in [0.05, 0.1) is 4.92 Å². The standard InChI is InChI=1S/C19H24N6O4S/c1-3-4-17-20-19(22-21-17)30-16(18(26)27)12-13-5-6-14(15(11-13)25(28)29)24-9-7-23(2)8-10-24/h5-6,11-12H,3-4,7-10H2,1-2H3,(H,26,27)(H,20,21,22)/b16-12+. The molecule has 1 saturated heterocycles. The Morgan fingerprint density at radius 2 is 2.10 bits per heavy atom. The van der Waals surface area contributed by atoms with E-state index in [4.69, 9.17) is 0 Å². The summed E-state index contributed by atoms with van der Waals surface area (Å²) in [5.74, 6) is -0.454. The van der Waals surface area contributed by atoms with Crippen LogP contribution in [0.1, 0.15) is 24.7 Å². The molecule has 0 spiro atoms. The zero-order valence-corrected chi connectivity index (χ0v) is 17.7. The second-order valence-electron chi connectivity index (χ2n) is 7.03. The number of benzene rings is 1. The topological polar surface area (TPSA) is 128 Å². The molecule has 2 aromatic rings. The third-order valence-corrected chi connectivity index (χ3v) is 5.63. The van der Waals surface area contributed by atoms with Crippen molar-refractivity contribution in [3.8, 4) is 0 Å². The SMILES string of the molecule is CCCc1nc(S/C(=C/c2ccc(N3CCN(C)CC3)c([N+](=O)[O-])c2)C(=O)O)n[nH]1. The average Bonchev–Trinajstić information content (AvgIpc) is 3.15. The van der Waals surface area contributed by atoms with Gasteiger partial charge in [-0.2, -0.15) is 0 Å². The van der Waals surface area contributed by atoms with E-state index in [9.17, 15) is 20.0 Å². The number of nitrogens with one attached hydrogen (secondary N) is 1. The van der Waals surface area contributed by atoms with Gasteiger partial charge < -0.3 is 14.9 Å². The van der Waals surface area contributed by atoms with E-state index < -0.39 is 10.9 Å². The highest BCUT2D eigenvalue weighted by molar-refractivity contribution is 8.04. The predicted molar refractivity (Wildman–Crippen MR) is 115 cm³/mol. The van der Waals surface area contributed by atoms with Crippen molar-refractivity contribution in [1.82, 2.24) is 20.1 Å². The summed E-state index contributed by atoms with van der Waals surface area (Å²) in [7, 11) is 2.02. The van der Waals surface area contributed by atoms with Crippen LogP contribution in [-0.2, 0) is 11.2 Å². The van der Waals surface area contributed by atoms with E-state index in [2.05, 4.69) is 20.1 Å². The molecule has 1 aromatic carbocycles. The number of H-pyrrole nitrogens is 1. The summed E-state index contributed by atoms with van der Waals surface area (Å²) < 4.78 is 0. The van der Waals surface area contributed by atoms with Gasteiger partial charge in [-0.1, -0.05) is 13.0 Å². The fraction of sp³-hybridized carbons (Fsp3) is 0.421. The third-order valence-electron chi connectivity index (χ3n) is 4.75. The quantitative estimate of drug-likeness (QED) is 0.280. The van der Waals surface area contributed by atoms with Crippen LogP contribution in [0.3, 0.4) is 0 Å². The molecule has 10 nitrogen and oxygen atoms in total. The van der Waals surface area contributed by atoms with Crippen LogP contribution < -0.4 is 4.90 Å². The molecule has 0 amide bonds. The lowest BCUT2D eigenvalue weighted by Crippen LogP contribution is -2.44. The molecule has 1 aliphatic rings. The lowest BCUT2D eigenvalue weighted by Gasteiger charge is -2.33. The van der Waals surface area contributed by atoms with Gasteiger partial charge in [0, 0.05) is 38.7 Å². The van der Waals surface area contributed by atoms with Crippen molar-refractivity contribution in [2.24, 2.45) is 0 Å². The van der Waals surface area contributed by atoms with Crippen LogP contribution in [0.2, 0.25) is 0 Å². The molecule has 0 radical (unpaired) electrons. The monoisotopic (exact) mass is 432 g/mol. The number of aromatic amines is 1. The predicted octanol–water partition coefficient (Wildman–Crippen LogP) is 2.63. The molecule has 1 fully saturated rings. The molecule has 2 N–H and O–H groups in total. The Labute approximate surface area is 178 Å². The maximum Gasteiger partial charge on any atom is 0.342 e. The van der Waals surface area contributed by atoms with Crippen LogP contribution in [-0.4, -0.2) is 69.3 Å². The number of nitro groups is 1. The van der Waals surface area contributed by atoms with E-state index >= 15 is 0 Å². The zero-order chi connectivity index (χ0) is 21.7. The number of nitro benzene ring substituents is 1. The van der Waals surface area contributed by atoms with Crippen LogP contribution in [0.25, 0.3) is 6.08 Å². The summed E-state index contributed by atoms with van der Waals surface area (Å²) in [6, 6.07) is 4.80. The number of piperazine rings is 1. The molecule has 0 aliphatic carbocycles. The van der Waals surface area contributed by atoms with Gasteiger partial charge in [0.15, 0.2) is 0 Å². The van der Waals surface area contributed by atoms with Gasteiger partial charge in [0.2, 0.25) is 5.16 Å². The van der Waals surface area contributed by atoms with Gasteiger partial charge in [-0.15, -0.1) is 5.10 Å². The van der Waals surface area contributed by atoms with Gasteiger partial charge in [0.1, 0.15) is 16.4 Å². The van der Waals surface area contributed by atoms with Crippen molar-refractivity contribution >= 4 is 35.2 Å². The second kappa shape index (κ2) is 9.72. The fourth-order valence-electron chi connectivity index (χ4n) is 3.15. The molecular formula is C19H24N6O4S. The number of carbonyl (C=O) groups is 1. The molecule has 11 heteroatoms. The molecule has 0 atom stereocenters. The molecule has 0 saturated carbocycles. The highest BCUT2D eigenvalue weighted by Gasteiger charge is 2.23. The lowest BCUT2D eigenvalue weighted by molar-refractivity contribution is -0.384. The van der Waals surface area contributed by atoms with Crippen LogP contribution in [0.15, 0.2) is 28.3 Å². The van der Waals surface area contributed by atoms with Crippen molar-refractivity contribution in [3.05, 3.63) is 44.6 Å². The summed E-state index contributed by atoms with van der Waals surface area (Å²) in [5.41, 5.74) is 0.952. The Morgan fingerprint density at radius 3 is 2.73 bits per heavy atom. The number of aromatic nitrogens is 3. The second-order valence-corrected chi connectivity index (χ2v) is 8.04. The Morgan fingerprint density at radius 1 is 1.37 bits per heavy atom. The highest BCUT2D eigenvalue weighted by Crippen LogP contribution is 2.32. The average molecular weight is 433 g/mol. The van der Waals surface area contributed by atoms with E-state index in [1.54, 1.807) is 12.1 Å². The van der Waals surface area contributed by atoms with Crippen molar-refractivity contribution in [2.75, 3.05) is 38.1 Å². The molecule has 1 aromatic heterocycles. The maximum absolute atomic E-state index is 11.7. The minimum atomic E-state index is -1.15. The lowest BCUT2D eigenvalue weighted by atomic mass is 10.1. The number of nitrogens with zero attached hydrogens (tertiary/aromatic N) is 5. The smallest absolute Gasteiger partial charge is 0.342 e. The number of hydrogen-bond acceptors (Lipinski definition) is 8. The van der Waals surface area contributed by atoms with E-state index in [1.807, 2.05) is 18.9 Å². The Kier molecular flexibility index (Phi) is 7.06. The van der Waals surface area contributed by atoms with Crippen LogP contribution in [0.5, 0.6) is 0 Å². The first-order valence-corrected chi connectivity index (χ1v) is 10.4. The Balaban J connectivity index is 1.86. The van der Waals surface area contributed by atoms with Crippen molar-refractivity contribution < 1.29 is 14.8 Å². The van der Waals surface area contributed by atoms with Crippen LogP contribution in [0, 0.1) is 10.1 Å². The number of likely N-dealkylation sites (N-methyl/N-ethyl adjacent to an activating group) is 1. The number of aryl methyl sites for hydroxylation is 1. The first-order chi connectivity index (χ1) is 14.4. The van der Waals surface area contributed by atoms with Crippen molar-refractivity contribution in [1.29, 1.82) is 0 Å². The van der Waals surface area contributed by atoms with E-state index in [0.717, 1.165) is 37.7 Å². The summed E-state index contributed by atoms with van der Waals surface area (Å²) in [6.45, 7) is 5.07. The first kappa shape index (κ1) is 21.8. The Hall–Kier alpha value is -2.92. The molecule has 2 heterocycles. The minimum absolute atomic E-state index is 0.0151. The summed E-state index contributed by atoms with van der Waals surface area (Å²) in [6.07, 6.45) is 3.02. The number of carboxylic acid groups (broad SMARTS) is 1. The Bertz CT molecular complexity index is 952. The molecule has 3 rings (SSSR count). The number of hydrogen-bond donors (Lipinski definition) is 2. The molecule has 30 heavy (non-hydrogen) atoms. The maximum atomic E-state index is 11.7. The summed E-state index contributed by atoms with van der Waals surface area (Å²) >= 11 is 0.907. The molecule has 0 bridgehead atoms. The van der Waals surface area contributed by atoms with E-state index in [-0.39, 0.29) is 10.6 Å². The van der Waals surface area contributed by atoms with Gasteiger partial charge >= 0.3 is 5.97 Å². The fourth-order valence-corrected chi connectivity index (χ4v) is 3.87. The normalized spacial score (nSPS) is 15.4. The number of rotatable bonds is 8. The number of aliphatic carboxylic acids is 1. The van der Waals surface area contributed by atoms with Crippen LogP contribution in [0.4, 0.5) is 11.4 Å². The largest absolute Gasteiger partial charge is 0.477 e. The van der Waals surface area contributed by atoms with Gasteiger partial charge in [0.25, 0.3) is 5.69 Å². The third kappa shape index (κ3) is 5.36. The van der Waals surface area contributed by atoms with E-state index in [1.165, 1.54) is 12.1 Å². The van der Waals surface area contributed by atoms with Crippen molar-refractivity contribution in [2.45, 2.75) is 24.9 Å². The van der Waals surface area contributed by atoms with Crippen molar-refractivity contribution in [3.63, 3.8) is 0 Å². The molecule has 0 unspecified atom stereocenters.